The van der Waals surface area contributed by atoms with Gasteiger partial charge in [-0.05, 0) is 101 Å². The van der Waals surface area contributed by atoms with E-state index in [0.717, 1.165) is 53.2 Å². The van der Waals surface area contributed by atoms with Crippen molar-refractivity contribution in [3.63, 3.8) is 0 Å². The number of phenolic OH excluding ortho intramolecular Hbond substituents is 2. The fourth-order valence-corrected chi connectivity index (χ4v) is 5.99. The second-order valence-electron chi connectivity index (χ2n) is 16.7. The van der Waals surface area contributed by atoms with Crippen molar-refractivity contribution in [2.75, 3.05) is 19.8 Å². The number of ether oxygens (including phenoxy) is 3. The number of phenols is 2. The first kappa shape index (κ1) is 44.4. The van der Waals surface area contributed by atoms with E-state index in [-0.39, 0.29) is 28.8 Å². The molecular weight excluding hydrogens is 677 g/mol. The van der Waals surface area contributed by atoms with Crippen LogP contribution in [-0.4, -0.2) is 58.6 Å². The van der Waals surface area contributed by atoms with Gasteiger partial charge < -0.3 is 34.6 Å². The van der Waals surface area contributed by atoms with Crippen LogP contribution in [0.15, 0.2) is 97.1 Å². The molecule has 1 aliphatic rings. The number of hydrogen-bond donors (Lipinski definition) is 4. The van der Waals surface area contributed by atoms with Crippen LogP contribution in [0.4, 0.5) is 0 Å². The molecule has 7 nitrogen and oxygen atoms in total. The van der Waals surface area contributed by atoms with E-state index in [4.69, 9.17) is 14.2 Å². The summed E-state index contributed by atoms with van der Waals surface area (Å²) in [5.41, 5.74) is 3.92. The third-order valence-electron chi connectivity index (χ3n) is 9.75. The molecule has 4 aromatic rings. The van der Waals surface area contributed by atoms with Crippen LogP contribution in [-0.2, 0) is 15.6 Å². The summed E-state index contributed by atoms with van der Waals surface area (Å²) in [5.74, 6) is 3.64. The average Bonchev–Trinajstić information content (AvgIpc) is 3.95. The molecule has 1 saturated heterocycles. The maximum Gasteiger partial charge on any atom is 0.119 e. The number of rotatable bonds is 15. The van der Waals surface area contributed by atoms with Gasteiger partial charge in [0.1, 0.15) is 42.3 Å². The number of aliphatic hydroxyl groups excluding tert-OH is 2. The van der Waals surface area contributed by atoms with E-state index in [9.17, 15) is 20.4 Å². The molecule has 296 valence electrons. The SMILES string of the molecule is CC(C)(c1cccc(O)c1)c1cccc(OCC2CO2)c1.CC(C)CC(O)C(C)C.CC(C)CC(O)COc1cccc(C(C)(C)c2cccc(O)c2)c1. The summed E-state index contributed by atoms with van der Waals surface area (Å²) in [5, 5.41) is 38.7. The molecule has 0 radical (unpaired) electrons. The quantitative estimate of drug-likeness (QED) is 0.0898. The fourth-order valence-electron chi connectivity index (χ4n) is 5.99. The average molecular weight is 743 g/mol. The zero-order chi connectivity index (χ0) is 40.1. The minimum absolute atomic E-state index is 0.106. The summed E-state index contributed by atoms with van der Waals surface area (Å²) in [4.78, 5) is 0. The Hall–Kier alpha value is -4.04. The first-order chi connectivity index (χ1) is 25.4. The van der Waals surface area contributed by atoms with Gasteiger partial charge in [0, 0.05) is 10.8 Å². The summed E-state index contributed by atoms with van der Waals surface area (Å²) < 4.78 is 16.7. The van der Waals surface area contributed by atoms with E-state index in [2.05, 4.69) is 73.6 Å². The molecule has 1 heterocycles. The molecule has 0 saturated carbocycles. The minimum Gasteiger partial charge on any atom is -0.508 e. The highest BCUT2D eigenvalue weighted by molar-refractivity contribution is 5.44. The predicted molar refractivity (Wildman–Crippen MR) is 220 cm³/mol. The van der Waals surface area contributed by atoms with Crippen molar-refractivity contribution in [3.05, 3.63) is 119 Å². The molecule has 1 fully saturated rings. The topological polar surface area (TPSA) is 112 Å². The van der Waals surface area contributed by atoms with E-state index in [1.807, 2.05) is 74.5 Å². The van der Waals surface area contributed by atoms with Crippen molar-refractivity contribution in [2.45, 2.75) is 111 Å². The van der Waals surface area contributed by atoms with Crippen LogP contribution in [0.25, 0.3) is 0 Å². The summed E-state index contributed by atoms with van der Waals surface area (Å²) in [6.45, 7) is 22.8. The van der Waals surface area contributed by atoms with Gasteiger partial charge in [-0.1, -0.05) is 118 Å². The number of aromatic hydroxyl groups is 2. The molecule has 1 aliphatic heterocycles. The Morgan fingerprint density at radius 1 is 0.611 bits per heavy atom. The van der Waals surface area contributed by atoms with Gasteiger partial charge in [0.25, 0.3) is 0 Å². The van der Waals surface area contributed by atoms with Crippen molar-refractivity contribution in [3.8, 4) is 23.0 Å². The summed E-state index contributed by atoms with van der Waals surface area (Å²) >= 11 is 0. The molecule has 5 rings (SSSR count). The Labute approximate surface area is 325 Å². The first-order valence-corrected chi connectivity index (χ1v) is 19.4. The van der Waals surface area contributed by atoms with E-state index < -0.39 is 6.10 Å². The number of aliphatic hydroxyl groups is 2. The molecule has 3 atom stereocenters. The Morgan fingerprint density at radius 2 is 1.02 bits per heavy atom. The molecule has 0 amide bonds. The van der Waals surface area contributed by atoms with Gasteiger partial charge in [0.05, 0.1) is 18.8 Å². The first-order valence-electron chi connectivity index (χ1n) is 19.4. The standard InChI is InChI=1S/C21H28O3.C18H20O3.C8H18O/c1-15(2)11-19(23)14-24-20-10-6-8-17(13-20)21(3,4)16-7-5-9-18(22)12-16;1-18(2,13-5-3-7-15(19)9-13)14-6-4-8-16(10-14)20-11-17-12-21-17;1-6(2)5-8(9)7(3)4/h5-10,12-13,15,19,22-23H,11,14H2,1-4H3;3-10,17,19H,11-12H2,1-2H3;6-9H,5H2,1-4H3. The number of epoxide rings is 1. The Morgan fingerprint density at radius 3 is 1.39 bits per heavy atom. The third-order valence-corrected chi connectivity index (χ3v) is 9.75. The van der Waals surface area contributed by atoms with Gasteiger partial charge in [0.2, 0.25) is 0 Å². The Bertz CT molecular complexity index is 1690. The molecule has 7 heteroatoms. The van der Waals surface area contributed by atoms with Crippen LogP contribution >= 0.6 is 0 Å². The second kappa shape index (κ2) is 20.6. The molecular formula is C47H66O7. The van der Waals surface area contributed by atoms with Gasteiger partial charge in [-0.15, -0.1) is 0 Å². The molecule has 3 unspecified atom stereocenters. The lowest BCUT2D eigenvalue weighted by atomic mass is 9.78. The normalized spacial score (nSPS) is 15.1. The largest absolute Gasteiger partial charge is 0.508 e. The van der Waals surface area contributed by atoms with Crippen LogP contribution in [0.1, 0.15) is 104 Å². The second-order valence-corrected chi connectivity index (χ2v) is 16.7. The van der Waals surface area contributed by atoms with E-state index in [1.165, 1.54) is 0 Å². The smallest absolute Gasteiger partial charge is 0.119 e. The summed E-state index contributed by atoms with van der Waals surface area (Å²) in [7, 11) is 0. The minimum atomic E-state index is -0.451. The van der Waals surface area contributed by atoms with E-state index in [1.54, 1.807) is 18.2 Å². The fraction of sp³-hybridized carbons (Fsp3) is 0.489. The molecule has 4 aromatic carbocycles. The highest BCUT2D eigenvalue weighted by Crippen LogP contribution is 2.36. The van der Waals surface area contributed by atoms with Gasteiger partial charge in [0.15, 0.2) is 0 Å². The third kappa shape index (κ3) is 14.7. The van der Waals surface area contributed by atoms with Crippen molar-refractivity contribution >= 4 is 0 Å². The van der Waals surface area contributed by atoms with Crippen molar-refractivity contribution < 1.29 is 34.6 Å². The Kier molecular flexibility index (Phi) is 16.9. The van der Waals surface area contributed by atoms with Crippen molar-refractivity contribution in [1.82, 2.24) is 0 Å². The van der Waals surface area contributed by atoms with Crippen molar-refractivity contribution in [1.29, 1.82) is 0 Å². The Balaban J connectivity index is 0.000000239. The van der Waals surface area contributed by atoms with Crippen LogP contribution < -0.4 is 9.47 Å². The molecule has 0 aromatic heterocycles. The van der Waals surface area contributed by atoms with Crippen molar-refractivity contribution in [2.24, 2.45) is 17.8 Å². The monoisotopic (exact) mass is 742 g/mol. The molecule has 4 N–H and O–H groups in total. The van der Waals surface area contributed by atoms with E-state index >= 15 is 0 Å². The zero-order valence-electron chi connectivity index (χ0n) is 34.3. The van der Waals surface area contributed by atoms with Crippen LogP contribution in [0.3, 0.4) is 0 Å². The lowest BCUT2D eigenvalue weighted by molar-refractivity contribution is 0.0892. The highest BCUT2D eigenvalue weighted by atomic mass is 16.6. The van der Waals surface area contributed by atoms with Gasteiger partial charge >= 0.3 is 0 Å². The highest BCUT2D eigenvalue weighted by Gasteiger charge is 2.26. The summed E-state index contributed by atoms with van der Waals surface area (Å²) in [6, 6.07) is 30.8. The van der Waals surface area contributed by atoms with Gasteiger partial charge in [-0.25, -0.2) is 0 Å². The van der Waals surface area contributed by atoms with Crippen LogP contribution in [0, 0.1) is 17.8 Å². The molecule has 0 spiro atoms. The molecule has 0 bridgehead atoms. The number of hydrogen-bond acceptors (Lipinski definition) is 7. The zero-order valence-corrected chi connectivity index (χ0v) is 34.3. The number of benzene rings is 4. The molecule has 54 heavy (non-hydrogen) atoms. The maximum absolute atomic E-state index is 9.97. The maximum atomic E-state index is 9.97. The predicted octanol–water partition coefficient (Wildman–Crippen LogP) is 10.0. The van der Waals surface area contributed by atoms with Crippen LogP contribution in [0.5, 0.6) is 23.0 Å². The van der Waals surface area contributed by atoms with Crippen LogP contribution in [0.2, 0.25) is 0 Å². The lowest BCUT2D eigenvalue weighted by Crippen LogP contribution is -2.21. The van der Waals surface area contributed by atoms with Gasteiger partial charge in [-0.2, -0.15) is 0 Å². The lowest BCUT2D eigenvalue weighted by Gasteiger charge is -2.27. The van der Waals surface area contributed by atoms with E-state index in [0.29, 0.717) is 36.7 Å². The van der Waals surface area contributed by atoms with Gasteiger partial charge in [-0.3, -0.25) is 0 Å². The summed E-state index contributed by atoms with van der Waals surface area (Å²) in [6.07, 6.45) is 1.36. The molecule has 0 aliphatic carbocycles.